The summed E-state index contributed by atoms with van der Waals surface area (Å²) < 4.78 is 43.1. The standard InChI is InChI=1S/C13H14ClFN2O3S/c1-3-10-7-11(17(2)16-10)8-20-12-5-4-9(15)6-13(12)21(14,18)19/h4-7H,3,8H2,1-2H3. The van der Waals surface area contributed by atoms with E-state index in [-0.39, 0.29) is 17.3 Å². The molecule has 2 aromatic rings. The highest BCUT2D eigenvalue weighted by molar-refractivity contribution is 8.13. The summed E-state index contributed by atoms with van der Waals surface area (Å²) in [7, 11) is 2.96. The lowest BCUT2D eigenvalue weighted by Crippen LogP contribution is -2.05. The largest absolute Gasteiger partial charge is 0.486 e. The second kappa shape index (κ2) is 6.03. The number of nitrogens with zero attached hydrogens (tertiary/aromatic N) is 2. The molecule has 1 aromatic heterocycles. The van der Waals surface area contributed by atoms with E-state index >= 15 is 0 Å². The van der Waals surface area contributed by atoms with Gasteiger partial charge in [0.1, 0.15) is 23.1 Å². The second-order valence-electron chi connectivity index (χ2n) is 4.42. The van der Waals surface area contributed by atoms with Gasteiger partial charge in [0.15, 0.2) is 0 Å². The van der Waals surface area contributed by atoms with E-state index in [1.54, 1.807) is 11.7 Å². The Labute approximate surface area is 126 Å². The van der Waals surface area contributed by atoms with Crippen LogP contribution >= 0.6 is 10.7 Å². The maximum Gasteiger partial charge on any atom is 0.265 e. The van der Waals surface area contributed by atoms with Crippen LogP contribution in [0, 0.1) is 5.82 Å². The molecule has 5 nitrogen and oxygen atoms in total. The molecular formula is C13H14ClFN2O3S. The van der Waals surface area contributed by atoms with E-state index < -0.39 is 14.9 Å². The molecule has 114 valence electrons. The van der Waals surface area contributed by atoms with E-state index in [1.807, 2.05) is 13.0 Å². The van der Waals surface area contributed by atoms with Gasteiger partial charge in [-0.05, 0) is 30.7 Å². The number of hydrogen-bond donors (Lipinski definition) is 0. The van der Waals surface area contributed by atoms with Crippen LogP contribution in [0.4, 0.5) is 4.39 Å². The van der Waals surface area contributed by atoms with Gasteiger partial charge >= 0.3 is 0 Å². The summed E-state index contributed by atoms with van der Waals surface area (Å²) >= 11 is 0. The van der Waals surface area contributed by atoms with Crippen molar-refractivity contribution < 1.29 is 17.5 Å². The highest BCUT2D eigenvalue weighted by atomic mass is 35.7. The second-order valence-corrected chi connectivity index (χ2v) is 6.96. The number of aromatic nitrogens is 2. The summed E-state index contributed by atoms with van der Waals surface area (Å²) in [6.07, 6.45) is 0.783. The lowest BCUT2D eigenvalue weighted by Gasteiger charge is -2.09. The molecule has 2 rings (SSSR count). The van der Waals surface area contributed by atoms with Crippen LogP contribution in [0.15, 0.2) is 29.2 Å². The minimum Gasteiger partial charge on any atom is -0.486 e. The molecule has 0 amide bonds. The van der Waals surface area contributed by atoms with Crippen LogP contribution in [0.25, 0.3) is 0 Å². The van der Waals surface area contributed by atoms with Gasteiger partial charge in [-0.2, -0.15) is 5.10 Å². The molecule has 0 bridgehead atoms. The fourth-order valence-corrected chi connectivity index (χ4v) is 2.81. The molecule has 0 spiro atoms. The van der Waals surface area contributed by atoms with Crippen LogP contribution in [0.5, 0.6) is 5.75 Å². The van der Waals surface area contributed by atoms with Gasteiger partial charge in [-0.1, -0.05) is 6.92 Å². The van der Waals surface area contributed by atoms with Gasteiger partial charge in [-0.3, -0.25) is 4.68 Å². The zero-order valence-electron chi connectivity index (χ0n) is 11.5. The fourth-order valence-electron chi connectivity index (χ4n) is 1.82. The molecule has 0 saturated heterocycles. The van der Waals surface area contributed by atoms with E-state index in [0.29, 0.717) is 0 Å². The van der Waals surface area contributed by atoms with Gasteiger partial charge in [-0.25, -0.2) is 12.8 Å². The van der Waals surface area contributed by atoms with Gasteiger partial charge in [0.2, 0.25) is 0 Å². The van der Waals surface area contributed by atoms with E-state index in [4.69, 9.17) is 15.4 Å². The Morgan fingerprint density at radius 2 is 2.10 bits per heavy atom. The van der Waals surface area contributed by atoms with Gasteiger partial charge in [0.05, 0.1) is 11.4 Å². The number of aryl methyl sites for hydroxylation is 2. The number of rotatable bonds is 5. The minimum absolute atomic E-state index is 0.00523. The molecule has 0 atom stereocenters. The van der Waals surface area contributed by atoms with Crippen molar-refractivity contribution in [2.75, 3.05) is 0 Å². The van der Waals surface area contributed by atoms with Crippen LogP contribution in [0.1, 0.15) is 18.3 Å². The van der Waals surface area contributed by atoms with Crippen LogP contribution in [-0.2, 0) is 29.1 Å². The molecule has 1 heterocycles. The van der Waals surface area contributed by atoms with E-state index in [0.717, 1.165) is 29.9 Å². The fraction of sp³-hybridized carbons (Fsp3) is 0.308. The third-order valence-corrected chi connectivity index (χ3v) is 4.28. The summed E-state index contributed by atoms with van der Waals surface area (Å²) in [6, 6.07) is 5.04. The summed E-state index contributed by atoms with van der Waals surface area (Å²) in [4.78, 5) is -0.387. The van der Waals surface area contributed by atoms with Gasteiger partial charge in [0, 0.05) is 17.7 Å². The average Bonchev–Trinajstić information content (AvgIpc) is 2.77. The van der Waals surface area contributed by atoms with Crippen molar-refractivity contribution in [3.63, 3.8) is 0 Å². The third kappa shape index (κ3) is 3.74. The maximum atomic E-state index is 13.2. The SMILES string of the molecule is CCc1cc(COc2ccc(F)cc2S(=O)(=O)Cl)n(C)n1. The van der Waals surface area contributed by atoms with Crippen molar-refractivity contribution >= 4 is 19.7 Å². The molecule has 0 aliphatic rings. The van der Waals surface area contributed by atoms with Gasteiger partial charge in [-0.15, -0.1) is 0 Å². The van der Waals surface area contributed by atoms with Gasteiger partial charge in [0.25, 0.3) is 9.05 Å². The molecule has 0 aliphatic carbocycles. The van der Waals surface area contributed by atoms with Crippen LogP contribution in [0.3, 0.4) is 0 Å². The third-order valence-electron chi connectivity index (χ3n) is 2.93. The van der Waals surface area contributed by atoms with Crippen molar-refractivity contribution in [1.82, 2.24) is 9.78 Å². The molecule has 0 N–H and O–H groups in total. The Kier molecular flexibility index (Phi) is 4.53. The molecule has 0 fully saturated rings. The van der Waals surface area contributed by atoms with Crippen molar-refractivity contribution in [3.8, 4) is 5.75 Å². The minimum atomic E-state index is -4.09. The van der Waals surface area contributed by atoms with E-state index in [2.05, 4.69) is 5.10 Å². The maximum absolute atomic E-state index is 13.2. The molecule has 0 saturated carbocycles. The first-order valence-electron chi connectivity index (χ1n) is 6.20. The van der Waals surface area contributed by atoms with Crippen molar-refractivity contribution in [3.05, 3.63) is 41.5 Å². The number of ether oxygens (including phenoxy) is 1. The highest BCUT2D eigenvalue weighted by Gasteiger charge is 2.18. The molecule has 1 aromatic carbocycles. The normalized spacial score (nSPS) is 11.6. The first-order chi connectivity index (χ1) is 9.81. The Hall–Kier alpha value is -1.60. The summed E-state index contributed by atoms with van der Waals surface area (Å²) in [5.74, 6) is -0.693. The monoisotopic (exact) mass is 332 g/mol. The van der Waals surface area contributed by atoms with Crippen molar-refractivity contribution in [1.29, 1.82) is 0 Å². The Balaban J connectivity index is 2.26. The predicted octanol–water partition coefficient (Wildman–Crippen LogP) is 2.63. The zero-order valence-corrected chi connectivity index (χ0v) is 13.1. The highest BCUT2D eigenvalue weighted by Crippen LogP contribution is 2.28. The van der Waals surface area contributed by atoms with Crippen LogP contribution in [-0.4, -0.2) is 18.2 Å². The Bertz CT molecular complexity index is 759. The van der Waals surface area contributed by atoms with Crippen molar-refractivity contribution in [2.45, 2.75) is 24.8 Å². The summed E-state index contributed by atoms with van der Waals surface area (Å²) in [5.41, 5.74) is 1.68. The Morgan fingerprint density at radius 3 is 2.67 bits per heavy atom. The van der Waals surface area contributed by atoms with Crippen LogP contribution < -0.4 is 4.74 Å². The summed E-state index contributed by atoms with van der Waals surface area (Å²) in [6.45, 7) is 2.08. The van der Waals surface area contributed by atoms with E-state index in [1.165, 1.54) is 6.07 Å². The van der Waals surface area contributed by atoms with Crippen LogP contribution in [0.2, 0.25) is 0 Å². The van der Waals surface area contributed by atoms with Crippen molar-refractivity contribution in [2.24, 2.45) is 7.05 Å². The summed E-state index contributed by atoms with van der Waals surface area (Å²) in [5, 5.41) is 4.26. The molecule has 0 unspecified atom stereocenters. The first kappa shape index (κ1) is 15.8. The topological polar surface area (TPSA) is 61.2 Å². The predicted molar refractivity (Wildman–Crippen MR) is 76.4 cm³/mol. The molecule has 21 heavy (non-hydrogen) atoms. The molecular weight excluding hydrogens is 319 g/mol. The first-order valence-corrected chi connectivity index (χ1v) is 8.51. The quantitative estimate of drug-likeness (QED) is 0.790. The lowest BCUT2D eigenvalue weighted by atomic mass is 10.3. The number of halogens is 2. The molecule has 8 heteroatoms. The lowest BCUT2D eigenvalue weighted by molar-refractivity contribution is 0.286. The zero-order chi connectivity index (χ0) is 15.6. The Morgan fingerprint density at radius 1 is 1.38 bits per heavy atom. The average molecular weight is 333 g/mol. The van der Waals surface area contributed by atoms with E-state index in [9.17, 15) is 12.8 Å². The number of benzene rings is 1. The molecule has 0 radical (unpaired) electrons. The van der Waals surface area contributed by atoms with Gasteiger partial charge < -0.3 is 4.74 Å². The number of hydrogen-bond acceptors (Lipinski definition) is 4. The molecule has 0 aliphatic heterocycles. The smallest absolute Gasteiger partial charge is 0.265 e.